The number of aromatic nitrogens is 3. The zero-order chi connectivity index (χ0) is 37.5. The normalized spacial score (nSPS) is 18.9. The lowest BCUT2D eigenvalue weighted by molar-refractivity contribution is -0.139. The first-order chi connectivity index (χ1) is 25.7. The molecule has 1 unspecified atom stereocenters. The molecule has 0 fully saturated rings. The Bertz CT molecular complexity index is 1930. The van der Waals surface area contributed by atoms with Gasteiger partial charge in [0.1, 0.15) is 5.75 Å². The molecule has 0 saturated carbocycles. The molecule has 12 nitrogen and oxygen atoms in total. The average Bonchev–Trinajstić information content (AvgIpc) is 3.69. The molecule has 280 valence electrons. The van der Waals surface area contributed by atoms with Gasteiger partial charge in [-0.25, -0.2) is 0 Å². The Kier molecular flexibility index (Phi) is 12.4. The first-order valence-electron chi connectivity index (χ1n) is 18.2. The van der Waals surface area contributed by atoms with Crippen LogP contribution in [-0.2, 0) is 41.1 Å². The number of anilines is 3. The van der Waals surface area contributed by atoms with Crippen molar-refractivity contribution in [3.05, 3.63) is 106 Å². The molecule has 0 saturated heterocycles. The number of hydrogen-bond donors (Lipinski definition) is 4. The number of hydrogen-bond acceptors (Lipinski definition) is 9. The predicted octanol–water partition coefficient (Wildman–Crippen LogP) is 4.94. The van der Waals surface area contributed by atoms with Gasteiger partial charge in [0.25, 0.3) is 5.91 Å². The van der Waals surface area contributed by atoms with E-state index in [2.05, 4.69) is 31.6 Å². The summed E-state index contributed by atoms with van der Waals surface area (Å²) in [5.41, 5.74) is 3.47. The number of unbranched alkanes of at least 4 members (excludes halogenated alkanes) is 1. The second kappa shape index (κ2) is 17.2. The van der Waals surface area contributed by atoms with Gasteiger partial charge in [0.15, 0.2) is 5.60 Å². The van der Waals surface area contributed by atoms with Crippen molar-refractivity contribution >= 4 is 44.8 Å². The Hall–Kier alpha value is -4.40. The topological polar surface area (TPSA) is 153 Å². The van der Waals surface area contributed by atoms with Gasteiger partial charge in [-0.1, -0.05) is 52.4 Å². The molecule has 1 aromatic heterocycles. The number of rotatable bonds is 17. The van der Waals surface area contributed by atoms with Crippen LogP contribution in [0, 0.1) is 5.92 Å². The Morgan fingerprint density at radius 2 is 1.85 bits per heavy atom. The van der Waals surface area contributed by atoms with Crippen LogP contribution in [-0.4, -0.2) is 74.5 Å². The lowest BCUT2D eigenvalue weighted by Crippen LogP contribution is -2.49. The number of nitrogens with zero attached hydrogens (tertiary/aromatic N) is 5. The van der Waals surface area contributed by atoms with Crippen molar-refractivity contribution < 1.29 is 29.6 Å². The summed E-state index contributed by atoms with van der Waals surface area (Å²) in [7, 11) is 0. The lowest BCUT2D eigenvalue weighted by Gasteiger charge is -2.35. The van der Waals surface area contributed by atoms with Crippen LogP contribution in [0.3, 0.4) is 0 Å². The number of carbonyl (C=O) groups is 2. The summed E-state index contributed by atoms with van der Waals surface area (Å²) in [4.78, 5) is 31.5. The summed E-state index contributed by atoms with van der Waals surface area (Å²) >= 11 is 3.53. The Morgan fingerprint density at radius 1 is 1.06 bits per heavy atom. The van der Waals surface area contributed by atoms with Crippen LogP contribution in [0.1, 0.15) is 55.5 Å². The van der Waals surface area contributed by atoms with Crippen molar-refractivity contribution in [2.24, 2.45) is 5.92 Å². The van der Waals surface area contributed by atoms with E-state index in [1.54, 1.807) is 20.7 Å². The van der Waals surface area contributed by atoms with Crippen LogP contribution in [0.2, 0.25) is 0 Å². The van der Waals surface area contributed by atoms with Gasteiger partial charge in [0.05, 0.1) is 36.3 Å². The number of fused-ring (bicyclic) bond motifs is 2. The van der Waals surface area contributed by atoms with E-state index in [0.717, 1.165) is 39.2 Å². The van der Waals surface area contributed by atoms with E-state index in [1.165, 1.54) is 0 Å². The largest absolute Gasteiger partial charge is 0.494 e. The highest BCUT2D eigenvalue weighted by Gasteiger charge is 2.52. The van der Waals surface area contributed by atoms with Crippen molar-refractivity contribution in [2.45, 2.75) is 70.7 Å². The molecule has 0 spiro atoms. The molecule has 13 heteroatoms. The van der Waals surface area contributed by atoms with E-state index in [9.17, 15) is 19.8 Å². The van der Waals surface area contributed by atoms with E-state index in [1.807, 2.05) is 86.7 Å². The van der Waals surface area contributed by atoms with Gasteiger partial charge in [-0.05, 0) is 98.8 Å². The molecule has 2 aliphatic rings. The van der Waals surface area contributed by atoms with Gasteiger partial charge in [-0.3, -0.25) is 19.2 Å². The fraction of sp³-hybridized carbons (Fsp3) is 0.400. The number of allylic oxidation sites excluding steroid dienone is 1. The molecule has 0 aliphatic carbocycles. The second-order valence-corrected chi connectivity index (χ2v) is 14.4. The Labute approximate surface area is 318 Å². The fourth-order valence-corrected chi connectivity index (χ4v) is 7.41. The van der Waals surface area contributed by atoms with Crippen LogP contribution in [0.4, 0.5) is 17.1 Å². The summed E-state index contributed by atoms with van der Waals surface area (Å²) in [6.07, 6.45) is 8.64. The molecule has 6 rings (SSSR count). The molecule has 4 N–H and O–H groups in total. The predicted molar refractivity (Wildman–Crippen MR) is 206 cm³/mol. The SMILES string of the molecule is CCOc1ccc2c(c1)CC(NCCCCO)C(=O)N2c1ccc(CN2C(=O)[C@](O)([C@H](C)/C=C/CCn3cc(CCO)nn3)c3cc(Br)ccc32)cc1. The van der Waals surface area contributed by atoms with Gasteiger partial charge in [0.2, 0.25) is 5.91 Å². The molecule has 2 aliphatic heterocycles. The zero-order valence-electron chi connectivity index (χ0n) is 30.1. The van der Waals surface area contributed by atoms with Crippen LogP contribution in [0.5, 0.6) is 5.75 Å². The van der Waals surface area contributed by atoms with Crippen LogP contribution in [0.25, 0.3) is 0 Å². The van der Waals surface area contributed by atoms with Crippen molar-refractivity contribution in [1.29, 1.82) is 0 Å². The summed E-state index contributed by atoms with van der Waals surface area (Å²) in [6.45, 7) is 5.86. The van der Waals surface area contributed by atoms with E-state index < -0.39 is 23.5 Å². The molecule has 0 bridgehead atoms. The van der Waals surface area contributed by atoms with Crippen molar-refractivity contribution in [1.82, 2.24) is 20.3 Å². The minimum atomic E-state index is -1.78. The van der Waals surface area contributed by atoms with Crippen molar-refractivity contribution in [3.8, 4) is 5.75 Å². The van der Waals surface area contributed by atoms with Crippen LogP contribution < -0.4 is 19.9 Å². The third-order valence-corrected chi connectivity index (χ3v) is 10.3. The first kappa shape index (κ1) is 38.3. The van der Waals surface area contributed by atoms with E-state index in [-0.39, 0.29) is 25.7 Å². The molecular weight excluding hydrogens is 740 g/mol. The molecule has 53 heavy (non-hydrogen) atoms. The Balaban J connectivity index is 1.20. The molecule has 2 amide bonds. The number of halogens is 1. The number of aliphatic hydroxyl groups is 3. The molecule has 0 radical (unpaired) electrons. The smallest absolute Gasteiger partial charge is 0.264 e. The highest BCUT2D eigenvalue weighted by molar-refractivity contribution is 9.10. The van der Waals surface area contributed by atoms with Crippen molar-refractivity contribution in [2.75, 3.05) is 36.2 Å². The number of aryl methyl sites for hydroxylation is 1. The summed E-state index contributed by atoms with van der Waals surface area (Å²) in [5.74, 6) is -0.248. The number of benzene rings is 3. The third kappa shape index (κ3) is 8.24. The highest BCUT2D eigenvalue weighted by Crippen LogP contribution is 2.47. The maximum atomic E-state index is 14.2. The maximum absolute atomic E-state index is 14.2. The minimum absolute atomic E-state index is 0.0136. The number of aliphatic hydroxyl groups excluding tert-OH is 2. The zero-order valence-corrected chi connectivity index (χ0v) is 31.7. The minimum Gasteiger partial charge on any atom is -0.494 e. The molecule has 3 aromatic carbocycles. The number of ether oxygens (including phenoxy) is 1. The van der Waals surface area contributed by atoms with Gasteiger partial charge in [-0.2, -0.15) is 0 Å². The van der Waals surface area contributed by atoms with Crippen LogP contribution >= 0.6 is 15.9 Å². The summed E-state index contributed by atoms with van der Waals surface area (Å²) in [6, 6.07) is 18.5. The molecular formula is C40H47BrN6O6. The van der Waals surface area contributed by atoms with Crippen LogP contribution in [0.15, 0.2) is 83.5 Å². The molecule has 3 atom stereocenters. The highest BCUT2D eigenvalue weighted by atomic mass is 79.9. The maximum Gasteiger partial charge on any atom is 0.264 e. The summed E-state index contributed by atoms with van der Waals surface area (Å²) < 4.78 is 8.24. The standard InChI is InChI=1S/C40H47BrN6O6/c1-3-53-33-14-16-36-29(22-33)23-35(42-18-5-7-20-48)38(50)47(36)32-12-9-28(10-13-32)25-46-37-15-11-30(41)24-34(37)40(52,39(46)51)27(2)8-4-6-19-45-26-31(17-21-49)43-44-45/h4,8-16,22,24,26-27,35,42,48-49,52H,3,5-7,17-21,23,25H2,1-2H3/b8-4+/t27-,35?,40+/m1/s1. The summed E-state index contributed by atoms with van der Waals surface area (Å²) in [5, 5.41) is 42.0. The number of carbonyl (C=O) groups excluding carboxylic acids is 2. The number of nitrogens with one attached hydrogen (secondary N) is 1. The van der Waals surface area contributed by atoms with Gasteiger partial charge >= 0.3 is 0 Å². The fourth-order valence-electron chi connectivity index (χ4n) is 7.05. The van der Waals surface area contributed by atoms with Gasteiger partial charge < -0.3 is 30.3 Å². The quantitative estimate of drug-likeness (QED) is 0.0862. The number of amides is 2. The van der Waals surface area contributed by atoms with E-state index >= 15 is 0 Å². The first-order valence-corrected chi connectivity index (χ1v) is 19.0. The molecule has 4 aromatic rings. The average molecular weight is 788 g/mol. The third-order valence-electron chi connectivity index (χ3n) is 9.85. The van der Waals surface area contributed by atoms with E-state index in [4.69, 9.17) is 9.84 Å². The van der Waals surface area contributed by atoms with Crippen molar-refractivity contribution in [3.63, 3.8) is 0 Å². The Morgan fingerprint density at radius 3 is 2.60 bits per heavy atom. The van der Waals surface area contributed by atoms with E-state index in [0.29, 0.717) is 62.3 Å². The second-order valence-electron chi connectivity index (χ2n) is 13.5. The monoisotopic (exact) mass is 786 g/mol. The molecule has 3 heterocycles. The lowest BCUT2D eigenvalue weighted by atomic mass is 9.83. The van der Waals surface area contributed by atoms with Gasteiger partial charge in [-0.15, -0.1) is 5.10 Å². The van der Waals surface area contributed by atoms with Gasteiger partial charge in [0, 0.05) is 54.0 Å².